The zero-order valence-corrected chi connectivity index (χ0v) is 13.1. The third-order valence-corrected chi connectivity index (χ3v) is 3.62. The first-order valence-electron chi connectivity index (χ1n) is 6.86. The van der Waals surface area contributed by atoms with E-state index in [0.29, 0.717) is 22.1 Å². The van der Waals surface area contributed by atoms with Crippen molar-refractivity contribution in [1.29, 1.82) is 5.26 Å². The summed E-state index contributed by atoms with van der Waals surface area (Å²) in [6.45, 7) is 0. The van der Waals surface area contributed by atoms with Crippen LogP contribution in [0.4, 0.5) is 11.5 Å². The number of benzene rings is 2. The number of hydrogen-bond acceptors (Lipinski definition) is 4. The second kappa shape index (κ2) is 6.42. The Balaban J connectivity index is 1.91. The maximum Gasteiger partial charge on any atom is 0.170 e. The molecule has 0 saturated carbocycles. The van der Waals surface area contributed by atoms with E-state index in [1.165, 1.54) is 0 Å². The van der Waals surface area contributed by atoms with Gasteiger partial charge >= 0.3 is 0 Å². The van der Waals surface area contributed by atoms with Crippen LogP contribution in [0.5, 0.6) is 5.75 Å². The standard InChI is InChI=1S/C17H13ClN4O/c1-23-14-8-6-13(7-9-14)20-17-15(10-19)16(21-22-17)11-2-4-12(18)5-3-11/h2-9H,1H3,(H2,20,21,22). The van der Waals surface area contributed by atoms with Gasteiger partial charge in [0.2, 0.25) is 0 Å². The summed E-state index contributed by atoms with van der Waals surface area (Å²) in [4.78, 5) is 0. The SMILES string of the molecule is COc1ccc(Nc2n[nH]c(-c3ccc(Cl)cc3)c2C#N)cc1. The lowest BCUT2D eigenvalue weighted by atomic mass is 10.1. The smallest absolute Gasteiger partial charge is 0.170 e. The summed E-state index contributed by atoms with van der Waals surface area (Å²) in [6.07, 6.45) is 0. The largest absolute Gasteiger partial charge is 0.497 e. The highest BCUT2D eigenvalue weighted by atomic mass is 35.5. The molecule has 0 amide bonds. The van der Waals surface area contributed by atoms with E-state index < -0.39 is 0 Å². The molecule has 2 aromatic carbocycles. The van der Waals surface area contributed by atoms with Gasteiger partial charge in [0.15, 0.2) is 5.82 Å². The molecule has 114 valence electrons. The first-order valence-corrected chi connectivity index (χ1v) is 7.24. The number of nitriles is 1. The Morgan fingerprint density at radius 2 is 1.83 bits per heavy atom. The number of methoxy groups -OCH3 is 1. The second-order valence-corrected chi connectivity index (χ2v) is 5.23. The molecule has 0 fully saturated rings. The summed E-state index contributed by atoms with van der Waals surface area (Å²) >= 11 is 5.90. The van der Waals surface area contributed by atoms with Gasteiger partial charge in [0.25, 0.3) is 0 Å². The lowest BCUT2D eigenvalue weighted by Crippen LogP contribution is -1.93. The lowest BCUT2D eigenvalue weighted by Gasteiger charge is -2.05. The predicted molar refractivity (Wildman–Crippen MR) is 90.0 cm³/mol. The van der Waals surface area contributed by atoms with Crippen LogP contribution >= 0.6 is 11.6 Å². The average Bonchev–Trinajstić information content (AvgIpc) is 2.99. The molecule has 1 aromatic heterocycles. The second-order valence-electron chi connectivity index (χ2n) is 4.79. The zero-order valence-electron chi connectivity index (χ0n) is 12.3. The molecule has 0 aliphatic carbocycles. The average molecular weight is 325 g/mol. The molecule has 5 nitrogen and oxygen atoms in total. The Kier molecular flexibility index (Phi) is 4.18. The number of rotatable bonds is 4. The van der Waals surface area contributed by atoms with E-state index in [2.05, 4.69) is 21.6 Å². The van der Waals surface area contributed by atoms with Crippen molar-refractivity contribution < 1.29 is 4.74 Å². The Labute approximate surface area is 138 Å². The first kappa shape index (κ1) is 14.9. The normalized spacial score (nSPS) is 10.1. The van der Waals surface area contributed by atoms with Gasteiger partial charge in [-0.25, -0.2) is 0 Å². The number of H-pyrrole nitrogens is 1. The fourth-order valence-electron chi connectivity index (χ4n) is 2.18. The van der Waals surface area contributed by atoms with E-state index in [9.17, 15) is 5.26 Å². The fourth-order valence-corrected chi connectivity index (χ4v) is 2.30. The van der Waals surface area contributed by atoms with Gasteiger partial charge in [-0.3, -0.25) is 5.10 Å². The van der Waals surface area contributed by atoms with Gasteiger partial charge < -0.3 is 10.1 Å². The number of halogens is 1. The first-order chi connectivity index (χ1) is 11.2. The van der Waals surface area contributed by atoms with E-state index >= 15 is 0 Å². The number of anilines is 2. The molecule has 2 N–H and O–H groups in total. The number of aromatic nitrogens is 2. The number of nitrogens with one attached hydrogen (secondary N) is 2. The van der Waals surface area contributed by atoms with Crippen molar-refractivity contribution in [2.75, 3.05) is 12.4 Å². The highest BCUT2D eigenvalue weighted by Crippen LogP contribution is 2.29. The summed E-state index contributed by atoms with van der Waals surface area (Å²) in [7, 11) is 1.61. The molecule has 3 rings (SSSR count). The zero-order chi connectivity index (χ0) is 16.2. The van der Waals surface area contributed by atoms with Crippen molar-refractivity contribution in [3.8, 4) is 23.1 Å². The van der Waals surface area contributed by atoms with Crippen molar-refractivity contribution in [3.05, 3.63) is 59.1 Å². The Bertz CT molecular complexity index is 848. The van der Waals surface area contributed by atoms with Gasteiger partial charge in [-0.05, 0) is 36.4 Å². The molecule has 0 aliphatic heterocycles. The molecule has 0 bridgehead atoms. The maximum atomic E-state index is 9.47. The van der Waals surface area contributed by atoms with Gasteiger partial charge in [-0.1, -0.05) is 23.7 Å². The summed E-state index contributed by atoms with van der Waals surface area (Å²) < 4.78 is 5.12. The Morgan fingerprint density at radius 1 is 1.13 bits per heavy atom. The number of nitrogens with zero attached hydrogens (tertiary/aromatic N) is 2. The van der Waals surface area contributed by atoms with Crippen molar-refractivity contribution in [3.63, 3.8) is 0 Å². The highest BCUT2D eigenvalue weighted by molar-refractivity contribution is 6.30. The van der Waals surface area contributed by atoms with Crippen LogP contribution in [0.25, 0.3) is 11.3 Å². The minimum Gasteiger partial charge on any atom is -0.497 e. The molecule has 6 heteroatoms. The molecule has 0 aliphatic rings. The molecule has 0 atom stereocenters. The van der Waals surface area contributed by atoms with Crippen LogP contribution in [-0.2, 0) is 0 Å². The summed E-state index contributed by atoms with van der Waals surface area (Å²) in [5.41, 5.74) is 2.76. The van der Waals surface area contributed by atoms with Crippen LogP contribution < -0.4 is 10.1 Å². The third kappa shape index (κ3) is 3.12. The Hall–Kier alpha value is -2.97. The van der Waals surface area contributed by atoms with Gasteiger partial charge in [-0.2, -0.15) is 10.4 Å². The molecule has 23 heavy (non-hydrogen) atoms. The molecule has 0 radical (unpaired) electrons. The number of hydrogen-bond donors (Lipinski definition) is 2. The summed E-state index contributed by atoms with van der Waals surface area (Å²) in [5, 5.41) is 20.3. The molecule has 1 heterocycles. The van der Waals surface area contributed by atoms with Crippen LogP contribution in [-0.4, -0.2) is 17.3 Å². The summed E-state index contributed by atoms with van der Waals surface area (Å²) in [6, 6.07) is 16.8. The van der Waals surface area contributed by atoms with Crippen molar-refractivity contribution >= 4 is 23.1 Å². The van der Waals surface area contributed by atoms with Crippen molar-refractivity contribution in [2.24, 2.45) is 0 Å². The number of aromatic amines is 1. The van der Waals surface area contributed by atoms with Crippen molar-refractivity contribution in [2.45, 2.75) is 0 Å². The molecule has 0 saturated heterocycles. The van der Waals surface area contributed by atoms with Crippen LogP contribution in [0.3, 0.4) is 0 Å². The minimum atomic E-state index is 0.447. The van der Waals surface area contributed by atoms with E-state index in [1.54, 1.807) is 19.2 Å². The van der Waals surface area contributed by atoms with E-state index in [1.807, 2.05) is 36.4 Å². The molecule has 0 spiro atoms. The van der Waals surface area contributed by atoms with Gasteiger partial charge in [0.1, 0.15) is 17.4 Å². The highest BCUT2D eigenvalue weighted by Gasteiger charge is 2.14. The maximum absolute atomic E-state index is 9.47. The third-order valence-electron chi connectivity index (χ3n) is 3.36. The van der Waals surface area contributed by atoms with Crippen LogP contribution in [0.2, 0.25) is 5.02 Å². The number of ether oxygens (including phenoxy) is 1. The fraction of sp³-hybridized carbons (Fsp3) is 0.0588. The molecular weight excluding hydrogens is 312 g/mol. The van der Waals surface area contributed by atoms with Crippen LogP contribution in [0, 0.1) is 11.3 Å². The van der Waals surface area contributed by atoms with E-state index in [4.69, 9.17) is 16.3 Å². The van der Waals surface area contributed by atoms with E-state index in [0.717, 1.165) is 17.0 Å². The lowest BCUT2D eigenvalue weighted by molar-refractivity contribution is 0.415. The van der Waals surface area contributed by atoms with Gasteiger partial charge in [-0.15, -0.1) is 0 Å². The van der Waals surface area contributed by atoms with Crippen LogP contribution in [0.15, 0.2) is 48.5 Å². The van der Waals surface area contributed by atoms with E-state index in [-0.39, 0.29) is 0 Å². The van der Waals surface area contributed by atoms with Gasteiger partial charge in [0, 0.05) is 16.3 Å². The quantitative estimate of drug-likeness (QED) is 0.748. The monoisotopic (exact) mass is 324 g/mol. The molecular formula is C17H13ClN4O. The molecule has 3 aromatic rings. The van der Waals surface area contributed by atoms with Gasteiger partial charge in [0.05, 0.1) is 12.8 Å². The Morgan fingerprint density at radius 3 is 2.43 bits per heavy atom. The predicted octanol–water partition coefficient (Wildman–Crippen LogP) is 4.35. The minimum absolute atomic E-state index is 0.447. The summed E-state index contributed by atoms with van der Waals surface area (Å²) in [5.74, 6) is 1.24. The molecule has 0 unspecified atom stereocenters. The topological polar surface area (TPSA) is 73.7 Å². The van der Waals surface area contributed by atoms with Crippen LogP contribution in [0.1, 0.15) is 5.56 Å². The van der Waals surface area contributed by atoms with Crippen molar-refractivity contribution in [1.82, 2.24) is 10.2 Å².